The fourth-order valence-electron chi connectivity index (χ4n) is 1.55. The zero-order chi connectivity index (χ0) is 13.9. The second-order valence-electron chi connectivity index (χ2n) is 4.10. The molecule has 0 saturated carbocycles. The minimum atomic E-state index is -3.13. The van der Waals surface area contributed by atoms with E-state index in [-0.39, 0.29) is 0 Å². The van der Waals surface area contributed by atoms with Crippen LogP contribution in [0.4, 0.5) is 0 Å². The van der Waals surface area contributed by atoms with Gasteiger partial charge in [0.05, 0.1) is 17.2 Å². The second-order valence-corrected chi connectivity index (χ2v) is 7.17. The van der Waals surface area contributed by atoms with Crippen LogP contribution in [0.3, 0.4) is 0 Å². The first-order valence-corrected chi connectivity index (χ1v) is 8.57. The minimum absolute atomic E-state index is 0.334. The lowest BCUT2D eigenvalue weighted by molar-refractivity contribution is 0.482. The standard InChI is InChI=1S/C13H15NO3S2/c1-19(15,16)13-6-4-12(5-7-13)18-9-11-3-2-10(8-14)17-11/h2-7H,8-9,14H2,1H3. The molecule has 0 saturated heterocycles. The molecular formula is C13H15NO3S2. The number of furan rings is 1. The molecule has 102 valence electrons. The third-order valence-electron chi connectivity index (χ3n) is 2.55. The molecule has 0 amide bonds. The fourth-order valence-corrected chi connectivity index (χ4v) is 2.97. The Morgan fingerprint density at radius 3 is 2.26 bits per heavy atom. The van der Waals surface area contributed by atoms with Crippen molar-refractivity contribution < 1.29 is 12.8 Å². The lowest BCUT2D eigenvalue weighted by atomic mass is 10.4. The Bertz CT molecular complexity index is 645. The molecule has 6 heteroatoms. The number of nitrogens with two attached hydrogens (primary N) is 1. The van der Waals surface area contributed by atoms with Gasteiger partial charge in [0.2, 0.25) is 0 Å². The highest BCUT2D eigenvalue weighted by Gasteiger charge is 2.07. The molecular weight excluding hydrogens is 282 g/mol. The molecule has 1 aromatic carbocycles. The summed E-state index contributed by atoms with van der Waals surface area (Å²) in [6, 6.07) is 10.6. The number of rotatable bonds is 5. The Labute approximate surface area is 116 Å². The number of sulfone groups is 1. The first-order chi connectivity index (χ1) is 8.99. The van der Waals surface area contributed by atoms with E-state index in [0.717, 1.165) is 16.4 Å². The minimum Gasteiger partial charge on any atom is -0.464 e. The largest absolute Gasteiger partial charge is 0.464 e. The highest BCUT2D eigenvalue weighted by molar-refractivity contribution is 7.98. The van der Waals surface area contributed by atoms with E-state index in [1.54, 1.807) is 36.0 Å². The van der Waals surface area contributed by atoms with Crippen molar-refractivity contribution >= 4 is 21.6 Å². The van der Waals surface area contributed by atoms with Gasteiger partial charge >= 0.3 is 0 Å². The molecule has 1 heterocycles. The summed E-state index contributed by atoms with van der Waals surface area (Å²) in [7, 11) is -3.13. The molecule has 2 aromatic rings. The highest BCUT2D eigenvalue weighted by atomic mass is 32.2. The molecule has 0 bridgehead atoms. The average Bonchev–Trinajstić information content (AvgIpc) is 2.84. The Morgan fingerprint density at radius 1 is 1.11 bits per heavy atom. The third kappa shape index (κ3) is 3.86. The van der Waals surface area contributed by atoms with Crippen molar-refractivity contribution in [1.82, 2.24) is 0 Å². The molecule has 2 rings (SSSR count). The normalized spacial score (nSPS) is 11.7. The first-order valence-electron chi connectivity index (χ1n) is 5.69. The molecule has 0 aliphatic carbocycles. The van der Waals surface area contributed by atoms with Crippen molar-refractivity contribution in [2.45, 2.75) is 22.1 Å². The summed E-state index contributed by atoms with van der Waals surface area (Å²) in [4.78, 5) is 1.33. The Kier molecular flexibility index (Phi) is 4.34. The van der Waals surface area contributed by atoms with Crippen LogP contribution in [0.5, 0.6) is 0 Å². The number of hydrogen-bond acceptors (Lipinski definition) is 5. The van der Waals surface area contributed by atoms with Gasteiger partial charge in [-0.1, -0.05) is 0 Å². The van der Waals surface area contributed by atoms with Gasteiger partial charge in [-0.05, 0) is 36.4 Å². The fraction of sp³-hybridized carbons (Fsp3) is 0.231. The Hall–Kier alpha value is -1.24. The molecule has 2 N–H and O–H groups in total. The van der Waals surface area contributed by atoms with Crippen molar-refractivity contribution in [3.63, 3.8) is 0 Å². The maximum absolute atomic E-state index is 11.3. The lowest BCUT2D eigenvalue weighted by Gasteiger charge is -2.02. The van der Waals surface area contributed by atoms with Crippen LogP contribution in [0.15, 0.2) is 50.6 Å². The zero-order valence-electron chi connectivity index (χ0n) is 10.5. The summed E-state index contributed by atoms with van der Waals surface area (Å²) in [5.74, 6) is 2.32. The number of hydrogen-bond donors (Lipinski definition) is 1. The van der Waals surface area contributed by atoms with Crippen LogP contribution in [0.2, 0.25) is 0 Å². The van der Waals surface area contributed by atoms with Crippen molar-refractivity contribution in [3.05, 3.63) is 47.9 Å². The van der Waals surface area contributed by atoms with Crippen LogP contribution in [-0.2, 0) is 22.1 Å². The van der Waals surface area contributed by atoms with E-state index in [0.29, 0.717) is 17.2 Å². The van der Waals surface area contributed by atoms with Crippen LogP contribution < -0.4 is 5.73 Å². The van der Waals surface area contributed by atoms with Gasteiger partial charge in [0.1, 0.15) is 11.5 Å². The molecule has 19 heavy (non-hydrogen) atoms. The van der Waals surface area contributed by atoms with Gasteiger partial charge in [0.25, 0.3) is 0 Å². The third-order valence-corrected chi connectivity index (χ3v) is 4.71. The van der Waals surface area contributed by atoms with Crippen LogP contribution in [0, 0.1) is 0 Å². The first kappa shape index (κ1) is 14.2. The molecule has 1 aromatic heterocycles. The summed E-state index contributed by atoms with van der Waals surface area (Å²) in [6.07, 6.45) is 1.20. The molecule has 0 unspecified atom stereocenters. The van der Waals surface area contributed by atoms with Crippen LogP contribution in [0.1, 0.15) is 11.5 Å². The van der Waals surface area contributed by atoms with E-state index < -0.39 is 9.84 Å². The van der Waals surface area contributed by atoms with Crippen molar-refractivity contribution in [2.75, 3.05) is 6.26 Å². The summed E-state index contributed by atoms with van der Waals surface area (Å²) in [6.45, 7) is 0.397. The smallest absolute Gasteiger partial charge is 0.175 e. The van der Waals surface area contributed by atoms with Gasteiger partial charge in [-0.3, -0.25) is 0 Å². The van der Waals surface area contributed by atoms with Crippen LogP contribution >= 0.6 is 11.8 Å². The zero-order valence-corrected chi connectivity index (χ0v) is 12.1. The van der Waals surface area contributed by atoms with E-state index in [9.17, 15) is 8.42 Å². The molecule has 0 fully saturated rings. The van der Waals surface area contributed by atoms with E-state index in [1.807, 2.05) is 12.1 Å². The molecule has 0 aliphatic heterocycles. The molecule has 0 radical (unpaired) electrons. The molecule has 0 spiro atoms. The van der Waals surface area contributed by atoms with Gasteiger partial charge in [0.15, 0.2) is 9.84 Å². The van der Waals surface area contributed by atoms with Gasteiger partial charge in [0, 0.05) is 11.2 Å². The lowest BCUT2D eigenvalue weighted by Crippen LogP contribution is -1.95. The molecule has 4 nitrogen and oxygen atoms in total. The van der Waals surface area contributed by atoms with Gasteiger partial charge < -0.3 is 10.2 Å². The second kappa shape index (κ2) is 5.81. The Morgan fingerprint density at radius 2 is 1.74 bits per heavy atom. The Balaban J connectivity index is 2.00. The summed E-state index contributed by atoms with van der Waals surface area (Å²) in [5, 5.41) is 0. The monoisotopic (exact) mass is 297 g/mol. The van der Waals surface area contributed by atoms with Crippen LogP contribution in [-0.4, -0.2) is 14.7 Å². The van der Waals surface area contributed by atoms with Gasteiger partial charge in [-0.2, -0.15) is 0 Å². The predicted octanol–water partition coefficient (Wildman–Crippen LogP) is 2.43. The SMILES string of the molecule is CS(=O)(=O)c1ccc(SCc2ccc(CN)o2)cc1. The van der Waals surface area contributed by atoms with Gasteiger partial charge in [-0.15, -0.1) is 11.8 Å². The van der Waals surface area contributed by atoms with Crippen molar-refractivity contribution in [2.24, 2.45) is 5.73 Å². The van der Waals surface area contributed by atoms with E-state index in [4.69, 9.17) is 10.2 Å². The van der Waals surface area contributed by atoms with E-state index in [2.05, 4.69) is 0 Å². The van der Waals surface area contributed by atoms with Crippen LogP contribution in [0.25, 0.3) is 0 Å². The summed E-state index contributed by atoms with van der Waals surface area (Å²) in [5.41, 5.74) is 5.47. The average molecular weight is 297 g/mol. The number of thioether (sulfide) groups is 1. The molecule has 0 atom stereocenters. The summed E-state index contributed by atoms with van der Waals surface area (Å²) < 4.78 is 28.1. The quantitative estimate of drug-likeness (QED) is 0.858. The van der Waals surface area contributed by atoms with Crippen molar-refractivity contribution in [1.29, 1.82) is 0 Å². The topological polar surface area (TPSA) is 73.3 Å². The number of benzene rings is 1. The summed E-state index contributed by atoms with van der Waals surface area (Å²) >= 11 is 1.59. The van der Waals surface area contributed by atoms with Crippen molar-refractivity contribution in [3.8, 4) is 0 Å². The van der Waals surface area contributed by atoms with Gasteiger partial charge in [-0.25, -0.2) is 8.42 Å². The van der Waals surface area contributed by atoms with E-state index in [1.165, 1.54) is 6.26 Å². The maximum atomic E-state index is 11.3. The predicted molar refractivity (Wildman–Crippen MR) is 75.7 cm³/mol. The molecule has 0 aliphatic rings. The van der Waals surface area contributed by atoms with E-state index >= 15 is 0 Å². The highest BCUT2D eigenvalue weighted by Crippen LogP contribution is 2.25. The maximum Gasteiger partial charge on any atom is 0.175 e.